The Labute approximate surface area is 144 Å². The van der Waals surface area contributed by atoms with E-state index in [1.165, 1.54) is 12.4 Å². The Morgan fingerprint density at radius 2 is 1.92 bits per heavy atom. The molecule has 0 spiro atoms. The highest BCUT2D eigenvalue weighted by molar-refractivity contribution is 5.77. The molecule has 8 heteroatoms. The number of nitrogens with one attached hydrogen (secondary N) is 1. The molecule has 0 atom stereocenters. The number of ether oxygens (including phenoxy) is 2. The number of hydrogen-bond acceptors (Lipinski definition) is 4. The number of alkyl halides is 2. The summed E-state index contributed by atoms with van der Waals surface area (Å²) in [6, 6.07) is 6.98. The number of imidazole rings is 1. The molecule has 1 aromatic carbocycles. The van der Waals surface area contributed by atoms with Gasteiger partial charge < -0.3 is 14.8 Å². The van der Waals surface area contributed by atoms with E-state index in [2.05, 4.69) is 10.3 Å². The van der Waals surface area contributed by atoms with E-state index in [9.17, 15) is 13.6 Å². The van der Waals surface area contributed by atoms with Gasteiger partial charge in [0.2, 0.25) is 0 Å². The monoisotopic (exact) mass is 353 g/mol. The third kappa shape index (κ3) is 6.06. The highest BCUT2D eigenvalue weighted by Gasteiger charge is 2.11. The van der Waals surface area contributed by atoms with Crippen LogP contribution in [0.1, 0.15) is 25.7 Å². The van der Waals surface area contributed by atoms with Crippen molar-refractivity contribution in [3.05, 3.63) is 42.5 Å². The van der Waals surface area contributed by atoms with Crippen LogP contribution >= 0.6 is 0 Å². The Kier molecular flexibility index (Phi) is 7.18. The van der Waals surface area contributed by atoms with Gasteiger partial charge in [0.15, 0.2) is 6.61 Å². The fourth-order valence-electron chi connectivity index (χ4n) is 2.08. The SMILES string of the molecule is CCCOc1ccc(OCC(=O)NCCc2nccn2C(F)F)cc1. The number of carbonyl (C=O) groups is 1. The van der Waals surface area contributed by atoms with Crippen molar-refractivity contribution in [1.82, 2.24) is 14.9 Å². The topological polar surface area (TPSA) is 65.4 Å². The molecular weight excluding hydrogens is 332 g/mol. The van der Waals surface area contributed by atoms with Crippen LogP contribution in [0.4, 0.5) is 8.78 Å². The number of halogens is 2. The van der Waals surface area contributed by atoms with Gasteiger partial charge in [0, 0.05) is 25.4 Å². The Morgan fingerprint density at radius 3 is 2.56 bits per heavy atom. The summed E-state index contributed by atoms with van der Waals surface area (Å²) in [4.78, 5) is 15.6. The van der Waals surface area contributed by atoms with Crippen molar-refractivity contribution in [3.63, 3.8) is 0 Å². The molecule has 0 aliphatic carbocycles. The van der Waals surface area contributed by atoms with Gasteiger partial charge in [0.05, 0.1) is 6.61 Å². The van der Waals surface area contributed by atoms with Crippen LogP contribution in [-0.4, -0.2) is 35.2 Å². The lowest BCUT2D eigenvalue weighted by Crippen LogP contribution is -2.31. The normalized spacial score (nSPS) is 10.7. The van der Waals surface area contributed by atoms with Gasteiger partial charge in [0.1, 0.15) is 17.3 Å². The zero-order valence-corrected chi connectivity index (χ0v) is 14.0. The van der Waals surface area contributed by atoms with Gasteiger partial charge in [-0.05, 0) is 30.7 Å². The van der Waals surface area contributed by atoms with Gasteiger partial charge in [-0.3, -0.25) is 9.36 Å². The van der Waals surface area contributed by atoms with Crippen LogP contribution in [-0.2, 0) is 11.2 Å². The van der Waals surface area contributed by atoms with E-state index in [0.717, 1.165) is 16.7 Å². The minimum Gasteiger partial charge on any atom is -0.494 e. The van der Waals surface area contributed by atoms with Gasteiger partial charge >= 0.3 is 6.55 Å². The first-order valence-corrected chi connectivity index (χ1v) is 8.02. The van der Waals surface area contributed by atoms with E-state index >= 15 is 0 Å². The standard InChI is InChI=1S/C17H21F2N3O3/c1-2-11-24-13-3-5-14(6-4-13)25-12-16(23)21-8-7-15-20-9-10-22(15)17(18)19/h3-6,9-10,17H,2,7-8,11-12H2,1H3,(H,21,23). The Morgan fingerprint density at radius 1 is 1.24 bits per heavy atom. The molecule has 0 saturated carbocycles. The van der Waals surface area contributed by atoms with Gasteiger partial charge in [-0.15, -0.1) is 0 Å². The molecular formula is C17H21F2N3O3. The molecule has 0 bridgehead atoms. The first-order valence-electron chi connectivity index (χ1n) is 8.02. The number of amides is 1. The van der Waals surface area contributed by atoms with Crippen molar-refractivity contribution in [2.45, 2.75) is 26.3 Å². The fraction of sp³-hybridized carbons (Fsp3) is 0.412. The van der Waals surface area contributed by atoms with Crippen LogP contribution in [0.5, 0.6) is 11.5 Å². The summed E-state index contributed by atoms with van der Waals surface area (Å²) >= 11 is 0. The summed E-state index contributed by atoms with van der Waals surface area (Å²) < 4.78 is 36.9. The summed E-state index contributed by atoms with van der Waals surface area (Å²) in [7, 11) is 0. The molecule has 0 saturated heterocycles. The molecule has 2 rings (SSSR count). The minimum atomic E-state index is -2.64. The second-order valence-corrected chi connectivity index (χ2v) is 5.24. The number of benzene rings is 1. The second kappa shape index (κ2) is 9.61. The number of nitrogens with zero attached hydrogens (tertiary/aromatic N) is 2. The van der Waals surface area contributed by atoms with Crippen LogP contribution < -0.4 is 14.8 Å². The van der Waals surface area contributed by atoms with E-state index in [4.69, 9.17) is 9.47 Å². The molecule has 0 aliphatic rings. The highest BCUT2D eigenvalue weighted by atomic mass is 19.3. The molecule has 1 N–H and O–H groups in total. The van der Waals surface area contributed by atoms with Crippen molar-refractivity contribution in [2.75, 3.05) is 19.8 Å². The van der Waals surface area contributed by atoms with Gasteiger partial charge in [-0.1, -0.05) is 6.92 Å². The molecule has 1 aromatic heterocycles. The van der Waals surface area contributed by atoms with Crippen molar-refractivity contribution < 1.29 is 23.0 Å². The Bertz CT molecular complexity index is 659. The zero-order chi connectivity index (χ0) is 18.1. The lowest BCUT2D eigenvalue weighted by molar-refractivity contribution is -0.123. The molecule has 0 unspecified atom stereocenters. The first kappa shape index (κ1) is 18.7. The number of carbonyl (C=O) groups excluding carboxylic acids is 1. The molecule has 136 valence electrons. The lowest BCUT2D eigenvalue weighted by atomic mass is 10.3. The molecule has 0 radical (unpaired) electrons. The maximum absolute atomic E-state index is 12.7. The lowest BCUT2D eigenvalue weighted by Gasteiger charge is -2.09. The smallest absolute Gasteiger partial charge is 0.319 e. The predicted octanol–water partition coefficient (Wildman–Crippen LogP) is 2.80. The molecule has 2 aromatic rings. The quantitative estimate of drug-likeness (QED) is 0.713. The number of rotatable bonds is 10. The third-order valence-electron chi connectivity index (χ3n) is 3.30. The molecule has 6 nitrogen and oxygen atoms in total. The van der Waals surface area contributed by atoms with Crippen LogP contribution in [0.3, 0.4) is 0 Å². The van der Waals surface area contributed by atoms with Crippen molar-refractivity contribution in [1.29, 1.82) is 0 Å². The highest BCUT2D eigenvalue weighted by Crippen LogP contribution is 2.17. The van der Waals surface area contributed by atoms with E-state index in [1.54, 1.807) is 24.3 Å². The molecule has 0 fully saturated rings. The van der Waals surface area contributed by atoms with E-state index in [-0.39, 0.29) is 31.3 Å². The first-order chi connectivity index (χ1) is 12.1. The molecule has 0 aliphatic heterocycles. The molecule has 1 heterocycles. The van der Waals surface area contributed by atoms with Gasteiger partial charge in [0.25, 0.3) is 5.91 Å². The summed E-state index contributed by atoms with van der Waals surface area (Å²) in [5, 5.41) is 2.61. The summed E-state index contributed by atoms with van der Waals surface area (Å²) in [6.07, 6.45) is 3.65. The second-order valence-electron chi connectivity index (χ2n) is 5.24. The van der Waals surface area contributed by atoms with E-state index < -0.39 is 6.55 Å². The molecule has 1 amide bonds. The summed E-state index contributed by atoms with van der Waals surface area (Å²) in [5.74, 6) is 1.18. The van der Waals surface area contributed by atoms with Crippen LogP contribution in [0.25, 0.3) is 0 Å². The van der Waals surface area contributed by atoms with Crippen molar-refractivity contribution in [3.8, 4) is 11.5 Å². The fourth-order valence-corrected chi connectivity index (χ4v) is 2.08. The Balaban J connectivity index is 1.69. The predicted molar refractivity (Wildman–Crippen MR) is 87.9 cm³/mol. The van der Waals surface area contributed by atoms with Crippen LogP contribution in [0.2, 0.25) is 0 Å². The van der Waals surface area contributed by atoms with Crippen molar-refractivity contribution >= 4 is 5.91 Å². The van der Waals surface area contributed by atoms with Crippen LogP contribution in [0.15, 0.2) is 36.7 Å². The van der Waals surface area contributed by atoms with E-state index in [0.29, 0.717) is 12.4 Å². The van der Waals surface area contributed by atoms with Crippen LogP contribution in [0, 0.1) is 0 Å². The average molecular weight is 353 g/mol. The zero-order valence-electron chi connectivity index (χ0n) is 14.0. The summed E-state index contributed by atoms with van der Waals surface area (Å²) in [5.41, 5.74) is 0. The minimum absolute atomic E-state index is 0.154. The number of aromatic nitrogens is 2. The third-order valence-corrected chi connectivity index (χ3v) is 3.30. The number of hydrogen-bond donors (Lipinski definition) is 1. The summed E-state index contributed by atoms with van der Waals surface area (Å²) in [6.45, 7) is 0.0816. The van der Waals surface area contributed by atoms with Crippen molar-refractivity contribution in [2.24, 2.45) is 0 Å². The molecule has 25 heavy (non-hydrogen) atoms. The Hall–Kier alpha value is -2.64. The maximum atomic E-state index is 12.7. The van der Waals surface area contributed by atoms with Gasteiger partial charge in [-0.2, -0.15) is 8.78 Å². The average Bonchev–Trinajstić information content (AvgIpc) is 3.08. The largest absolute Gasteiger partial charge is 0.494 e. The van der Waals surface area contributed by atoms with E-state index in [1.807, 2.05) is 6.92 Å². The maximum Gasteiger partial charge on any atom is 0.319 e. The van der Waals surface area contributed by atoms with Gasteiger partial charge in [-0.25, -0.2) is 4.98 Å².